The van der Waals surface area contributed by atoms with E-state index in [0.717, 1.165) is 44.2 Å². The second kappa shape index (κ2) is 7.05. The molecule has 4 rings (SSSR count). The Morgan fingerprint density at radius 1 is 0.536 bits per heavy atom. The summed E-state index contributed by atoms with van der Waals surface area (Å²) in [6.45, 7) is 4.03. The monoisotopic (exact) mass is 408 g/mol. The van der Waals surface area contributed by atoms with Crippen LogP contribution in [0.2, 0.25) is 10.0 Å². The molecule has 140 valence electrons. The lowest BCUT2D eigenvalue weighted by atomic mass is 9.91. The predicted octanol–water partition coefficient (Wildman–Crippen LogP) is 7.51. The number of benzene rings is 4. The third kappa shape index (κ3) is 3.30. The van der Waals surface area contributed by atoms with Crippen molar-refractivity contribution in [3.63, 3.8) is 0 Å². The lowest BCUT2D eigenvalue weighted by Gasteiger charge is -2.14. The van der Waals surface area contributed by atoms with Crippen LogP contribution in [0.1, 0.15) is 11.1 Å². The molecule has 0 spiro atoms. The molecule has 4 aromatic rings. The first-order valence-electron chi connectivity index (χ1n) is 8.86. The van der Waals surface area contributed by atoms with E-state index in [4.69, 9.17) is 23.2 Å². The largest absolute Gasteiger partial charge is 0.507 e. The normalized spacial score (nSPS) is 11.1. The first-order chi connectivity index (χ1) is 13.3. The smallest absolute Gasteiger partial charge is 0.124 e. The van der Waals surface area contributed by atoms with E-state index in [1.807, 2.05) is 26.0 Å². The average Bonchev–Trinajstić information content (AvgIpc) is 2.62. The van der Waals surface area contributed by atoms with Gasteiger partial charge < -0.3 is 10.2 Å². The van der Waals surface area contributed by atoms with E-state index < -0.39 is 0 Å². The van der Waals surface area contributed by atoms with Crippen molar-refractivity contribution in [2.24, 2.45) is 0 Å². The molecule has 0 aliphatic rings. The standard InChI is InChI=1S/C24H18Cl2O2/c1-13-7-15-10-22(20-6-4-18(26)12-24(20)28)14(2)8-16(15)9-21(13)19-5-3-17(25)11-23(19)27/h3-12,27-28H,1-2H3. The predicted molar refractivity (Wildman–Crippen MR) is 118 cm³/mol. The van der Waals surface area contributed by atoms with Gasteiger partial charge in [-0.2, -0.15) is 0 Å². The molecule has 0 amide bonds. The van der Waals surface area contributed by atoms with Crippen LogP contribution in [0.25, 0.3) is 33.0 Å². The molecular weight excluding hydrogens is 391 g/mol. The number of aromatic hydroxyl groups is 2. The van der Waals surface area contributed by atoms with E-state index in [9.17, 15) is 10.2 Å². The van der Waals surface area contributed by atoms with Gasteiger partial charge in [0.2, 0.25) is 0 Å². The molecule has 0 fully saturated rings. The van der Waals surface area contributed by atoms with Gasteiger partial charge in [-0.15, -0.1) is 0 Å². The molecule has 0 atom stereocenters. The van der Waals surface area contributed by atoms with Gasteiger partial charge in [0.05, 0.1) is 0 Å². The number of phenols is 2. The maximum Gasteiger partial charge on any atom is 0.124 e. The van der Waals surface area contributed by atoms with Gasteiger partial charge in [0.1, 0.15) is 11.5 Å². The summed E-state index contributed by atoms with van der Waals surface area (Å²) < 4.78 is 0. The Labute approximate surface area is 173 Å². The summed E-state index contributed by atoms with van der Waals surface area (Å²) in [6.07, 6.45) is 0. The molecule has 0 radical (unpaired) electrons. The molecule has 2 N–H and O–H groups in total. The number of phenolic OH excluding ortho intramolecular Hbond substituents is 2. The second-order valence-corrected chi connectivity index (χ2v) is 7.88. The highest BCUT2D eigenvalue weighted by atomic mass is 35.5. The fraction of sp³-hybridized carbons (Fsp3) is 0.0833. The molecule has 0 aliphatic carbocycles. The Morgan fingerprint density at radius 2 is 0.929 bits per heavy atom. The van der Waals surface area contributed by atoms with Gasteiger partial charge in [-0.3, -0.25) is 0 Å². The summed E-state index contributed by atoms with van der Waals surface area (Å²) in [5.41, 5.74) is 5.51. The molecule has 0 bridgehead atoms. The summed E-state index contributed by atoms with van der Waals surface area (Å²) in [6, 6.07) is 18.7. The van der Waals surface area contributed by atoms with E-state index in [-0.39, 0.29) is 11.5 Å². The van der Waals surface area contributed by atoms with E-state index in [1.165, 1.54) is 0 Å². The van der Waals surface area contributed by atoms with Gasteiger partial charge in [-0.05, 0) is 95.4 Å². The summed E-state index contributed by atoms with van der Waals surface area (Å²) >= 11 is 11.9. The molecule has 0 aliphatic heterocycles. The second-order valence-electron chi connectivity index (χ2n) is 7.00. The molecule has 0 saturated carbocycles. The molecule has 28 heavy (non-hydrogen) atoms. The van der Waals surface area contributed by atoms with Crippen molar-refractivity contribution in [3.05, 3.63) is 81.8 Å². The third-order valence-electron chi connectivity index (χ3n) is 5.03. The van der Waals surface area contributed by atoms with E-state index in [2.05, 4.69) is 24.3 Å². The average molecular weight is 409 g/mol. The first kappa shape index (κ1) is 18.7. The third-order valence-corrected chi connectivity index (χ3v) is 5.50. The lowest BCUT2D eigenvalue weighted by Crippen LogP contribution is -1.89. The molecular formula is C24H18Cl2O2. The van der Waals surface area contributed by atoms with E-state index >= 15 is 0 Å². The highest BCUT2D eigenvalue weighted by Crippen LogP contribution is 2.39. The Hall–Kier alpha value is -2.68. The molecule has 4 heteroatoms. The van der Waals surface area contributed by atoms with Gasteiger partial charge in [-0.25, -0.2) is 0 Å². The van der Waals surface area contributed by atoms with Crippen molar-refractivity contribution < 1.29 is 10.2 Å². The number of fused-ring (bicyclic) bond motifs is 1. The van der Waals surface area contributed by atoms with Gasteiger partial charge in [0.15, 0.2) is 0 Å². The minimum Gasteiger partial charge on any atom is -0.507 e. The van der Waals surface area contributed by atoms with Gasteiger partial charge >= 0.3 is 0 Å². The highest BCUT2D eigenvalue weighted by Gasteiger charge is 2.13. The number of aryl methyl sites for hydroxylation is 2. The fourth-order valence-electron chi connectivity index (χ4n) is 3.62. The highest BCUT2D eigenvalue weighted by molar-refractivity contribution is 6.31. The van der Waals surface area contributed by atoms with Gasteiger partial charge in [0, 0.05) is 21.2 Å². The number of halogens is 2. The zero-order valence-electron chi connectivity index (χ0n) is 15.4. The zero-order chi connectivity index (χ0) is 20.0. The molecule has 0 aromatic heterocycles. The van der Waals surface area contributed by atoms with Gasteiger partial charge in [-0.1, -0.05) is 35.3 Å². The van der Waals surface area contributed by atoms with Crippen LogP contribution < -0.4 is 0 Å². The number of rotatable bonds is 2. The van der Waals surface area contributed by atoms with Crippen molar-refractivity contribution in [3.8, 4) is 33.8 Å². The summed E-state index contributed by atoms with van der Waals surface area (Å²) in [5.74, 6) is 0.323. The van der Waals surface area contributed by atoms with Crippen molar-refractivity contribution in [2.45, 2.75) is 13.8 Å². The van der Waals surface area contributed by atoms with Crippen molar-refractivity contribution in [1.82, 2.24) is 0 Å². The molecule has 0 heterocycles. The maximum atomic E-state index is 10.3. The Morgan fingerprint density at radius 3 is 1.29 bits per heavy atom. The molecule has 2 nitrogen and oxygen atoms in total. The van der Waals surface area contributed by atoms with Crippen LogP contribution in [-0.2, 0) is 0 Å². The number of hydrogen-bond acceptors (Lipinski definition) is 2. The Kier molecular flexibility index (Phi) is 4.70. The van der Waals surface area contributed by atoms with Crippen LogP contribution >= 0.6 is 23.2 Å². The van der Waals surface area contributed by atoms with Crippen molar-refractivity contribution >= 4 is 34.0 Å². The van der Waals surface area contributed by atoms with E-state index in [1.54, 1.807) is 24.3 Å². The molecule has 0 unspecified atom stereocenters. The first-order valence-corrected chi connectivity index (χ1v) is 9.62. The van der Waals surface area contributed by atoms with Crippen LogP contribution in [-0.4, -0.2) is 10.2 Å². The van der Waals surface area contributed by atoms with Crippen LogP contribution in [0.15, 0.2) is 60.7 Å². The summed E-state index contributed by atoms with van der Waals surface area (Å²) in [7, 11) is 0. The van der Waals surface area contributed by atoms with Crippen LogP contribution in [0.5, 0.6) is 11.5 Å². The lowest BCUT2D eigenvalue weighted by molar-refractivity contribution is 0.477. The zero-order valence-corrected chi connectivity index (χ0v) is 16.9. The molecule has 0 saturated heterocycles. The van der Waals surface area contributed by atoms with Crippen LogP contribution in [0, 0.1) is 13.8 Å². The van der Waals surface area contributed by atoms with E-state index in [0.29, 0.717) is 10.0 Å². The summed E-state index contributed by atoms with van der Waals surface area (Å²) in [5, 5.41) is 23.8. The SMILES string of the molecule is Cc1cc2cc(-c3ccc(Cl)cc3O)c(C)cc2cc1-c1ccc(Cl)cc1O. The fourth-order valence-corrected chi connectivity index (χ4v) is 3.96. The van der Waals surface area contributed by atoms with Gasteiger partial charge in [0.25, 0.3) is 0 Å². The van der Waals surface area contributed by atoms with Crippen LogP contribution in [0.3, 0.4) is 0 Å². The summed E-state index contributed by atoms with van der Waals surface area (Å²) in [4.78, 5) is 0. The maximum absolute atomic E-state index is 10.3. The van der Waals surface area contributed by atoms with Crippen molar-refractivity contribution in [2.75, 3.05) is 0 Å². The minimum absolute atomic E-state index is 0.161. The minimum atomic E-state index is 0.161. The quantitative estimate of drug-likeness (QED) is 0.360. The van der Waals surface area contributed by atoms with Crippen LogP contribution in [0.4, 0.5) is 0 Å². The topological polar surface area (TPSA) is 40.5 Å². The molecule has 4 aromatic carbocycles. The van der Waals surface area contributed by atoms with Crippen molar-refractivity contribution in [1.29, 1.82) is 0 Å². The number of hydrogen-bond donors (Lipinski definition) is 2. The Bertz CT molecular complexity index is 1130. The Balaban J connectivity index is 1.90.